The molecule has 0 radical (unpaired) electrons. The maximum atomic E-state index is 13.4. The van der Waals surface area contributed by atoms with Crippen LogP contribution in [0.1, 0.15) is 18.9 Å². The first kappa shape index (κ1) is 13.1. The number of benzene rings is 1. The minimum Gasteiger partial charge on any atom is -0.489 e. The number of ether oxygens (including phenoxy) is 1. The van der Waals surface area contributed by atoms with Gasteiger partial charge in [0.25, 0.3) is 5.92 Å². The third-order valence-electron chi connectivity index (χ3n) is 2.37. The number of anilines is 1. The molecule has 0 aliphatic carbocycles. The Balaban J connectivity index is 3.44. The second-order valence-corrected chi connectivity index (χ2v) is 3.43. The average molecular weight is 246 g/mol. The van der Waals surface area contributed by atoms with Crippen molar-refractivity contribution in [3.8, 4) is 5.75 Å². The Bertz CT molecular complexity index is 449. The van der Waals surface area contributed by atoms with Crippen LogP contribution in [0.4, 0.5) is 20.2 Å². The summed E-state index contributed by atoms with van der Waals surface area (Å²) in [7, 11) is 1.19. The van der Waals surface area contributed by atoms with Crippen LogP contribution < -0.4 is 10.5 Å². The van der Waals surface area contributed by atoms with Crippen LogP contribution in [0.25, 0.3) is 0 Å². The molecule has 2 N–H and O–H groups in total. The minimum atomic E-state index is -3.15. The van der Waals surface area contributed by atoms with Crippen LogP contribution in [0.5, 0.6) is 5.75 Å². The van der Waals surface area contributed by atoms with E-state index in [1.54, 1.807) is 0 Å². The molecule has 0 fully saturated rings. The highest BCUT2D eigenvalue weighted by Crippen LogP contribution is 2.40. The molecule has 0 atom stereocenters. The first-order valence-electron chi connectivity index (χ1n) is 4.83. The zero-order chi connectivity index (χ0) is 13.2. The van der Waals surface area contributed by atoms with Gasteiger partial charge in [-0.05, 0) is 6.07 Å². The van der Waals surface area contributed by atoms with E-state index in [9.17, 15) is 18.9 Å². The number of methoxy groups -OCH3 is 1. The lowest BCUT2D eigenvalue weighted by molar-refractivity contribution is -0.385. The van der Waals surface area contributed by atoms with Crippen LogP contribution in [-0.2, 0) is 5.92 Å². The lowest BCUT2D eigenvalue weighted by atomic mass is 10.0. The predicted octanol–water partition coefficient (Wildman–Crippen LogP) is 2.69. The van der Waals surface area contributed by atoms with Crippen LogP contribution in [0.3, 0.4) is 0 Å². The van der Waals surface area contributed by atoms with E-state index in [1.165, 1.54) is 14.0 Å². The number of nitro groups is 1. The SMILES string of the molecule is CCC(F)(F)c1cc(N)c(OC)c([N+](=O)[O-])c1. The molecule has 94 valence electrons. The molecule has 0 unspecified atom stereocenters. The number of nitrogens with zero attached hydrogens (tertiary/aromatic N) is 1. The number of nitrogen functional groups attached to an aromatic ring is 1. The number of halogens is 2. The van der Waals surface area contributed by atoms with Crippen LogP contribution in [-0.4, -0.2) is 12.0 Å². The Morgan fingerprint density at radius 1 is 1.53 bits per heavy atom. The molecule has 0 aromatic heterocycles. The van der Waals surface area contributed by atoms with E-state index < -0.39 is 28.5 Å². The van der Waals surface area contributed by atoms with E-state index in [4.69, 9.17) is 10.5 Å². The summed E-state index contributed by atoms with van der Waals surface area (Å²) in [5.74, 6) is -3.35. The van der Waals surface area contributed by atoms with Gasteiger partial charge in [-0.1, -0.05) is 6.92 Å². The molecule has 0 heterocycles. The van der Waals surface area contributed by atoms with Crippen LogP contribution in [0.2, 0.25) is 0 Å². The Hall–Kier alpha value is -1.92. The Kier molecular flexibility index (Phi) is 3.50. The topological polar surface area (TPSA) is 78.4 Å². The van der Waals surface area contributed by atoms with E-state index in [-0.39, 0.29) is 11.4 Å². The van der Waals surface area contributed by atoms with Gasteiger partial charge in [-0.25, -0.2) is 8.78 Å². The van der Waals surface area contributed by atoms with Gasteiger partial charge in [0.2, 0.25) is 5.75 Å². The summed E-state index contributed by atoms with van der Waals surface area (Å²) in [4.78, 5) is 9.92. The predicted molar refractivity (Wildman–Crippen MR) is 58.2 cm³/mol. The Morgan fingerprint density at radius 3 is 2.53 bits per heavy atom. The Labute approximate surface area is 96.3 Å². The van der Waals surface area contributed by atoms with Crippen molar-refractivity contribution in [2.24, 2.45) is 0 Å². The monoisotopic (exact) mass is 246 g/mol. The fourth-order valence-corrected chi connectivity index (χ4v) is 1.41. The van der Waals surface area contributed by atoms with Gasteiger partial charge in [0.05, 0.1) is 17.7 Å². The fourth-order valence-electron chi connectivity index (χ4n) is 1.41. The van der Waals surface area contributed by atoms with Gasteiger partial charge in [0.15, 0.2) is 0 Å². The molecule has 0 spiro atoms. The number of alkyl halides is 2. The summed E-state index contributed by atoms with van der Waals surface area (Å²) in [5.41, 5.74) is 4.24. The van der Waals surface area contributed by atoms with Gasteiger partial charge in [-0.3, -0.25) is 10.1 Å². The number of rotatable bonds is 4. The van der Waals surface area contributed by atoms with Crippen molar-refractivity contribution < 1.29 is 18.4 Å². The van der Waals surface area contributed by atoms with Gasteiger partial charge in [0.1, 0.15) is 0 Å². The maximum absolute atomic E-state index is 13.4. The standard InChI is InChI=1S/C10H12F2N2O3/c1-3-10(11,12)6-4-7(13)9(17-2)8(5-6)14(15)16/h4-5H,3,13H2,1-2H3. The number of nitrogens with two attached hydrogens (primary N) is 1. The van der Waals surface area contributed by atoms with Gasteiger partial charge in [-0.2, -0.15) is 0 Å². The molecular weight excluding hydrogens is 234 g/mol. The zero-order valence-electron chi connectivity index (χ0n) is 9.37. The minimum absolute atomic E-state index is 0.176. The quantitative estimate of drug-likeness (QED) is 0.503. The molecular formula is C10H12F2N2O3. The van der Waals surface area contributed by atoms with E-state index in [1.807, 2.05) is 0 Å². The zero-order valence-corrected chi connectivity index (χ0v) is 9.37. The van der Waals surface area contributed by atoms with Crippen molar-refractivity contribution in [3.05, 3.63) is 27.8 Å². The van der Waals surface area contributed by atoms with E-state index in [0.717, 1.165) is 12.1 Å². The average Bonchev–Trinajstić information content (AvgIpc) is 2.27. The summed E-state index contributed by atoms with van der Waals surface area (Å²) >= 11 is 0. The number of hydrogen-bond donors (Lipinski definition) is 1. The van der Waals surface area contributed by atoms with E-state index in [0.29, 0.717) is 0 Å². The second-order valence-electron chi connectivity index (χ2n) is 3.43. The highest BCUT2D eigenvalue weighted by molar-refractivity contribution is 5.66. The molecule has 1 aromatic carbocycles. The van der Waals surface area contributed by atoms with Crippen LogP contribution in [0.15, 0.2) is 12.1 Å². The molecule has 1 rings (SSSR count). The molecule has 0 saturated heterocycles. The van der Waals surface area contributed by atoms with Crippen molar-refractivity contribution in [2.45, 2.75) is 19.3 Å². The summed E-state index contributed by atoms with van der Waals surface area (Å²) in [6.07, 6.45) is -0.462. The van der Waals surface area contributed by atoms with Gasteiger partial charge < -0.3 is 10.5 Å². The largest absolute Gasteiger partial charge is 0.489 e. The van der Waals surface area contributed by atoms with E-state index in [2.05, 4.69) is 0 Å². The smallest absolute Gasteiger partial charge is 0.313 e. The lowest BCUT2D eigenvalue weighted by Crippen LogP contribution is -2.13. The summed E-state index contributed by atoms with van der Waals surface area (Å²) in [5, 5.41) is 10.7. The number of hydrogen-bond acceptors (Lipinski definition) is 4. The van der Waals surface area contributed by atoms with Crippen molar-refractivity contribution >= 4 is 11.4 Å². The van der Waals surface area contributed by atoms with E-state index >= 15 is 0 Å². The second kappa shape index (κ2) is 4.52. The van der Waals surface area contributed by atoms with Gasteiger partial charge >= 0.3 is 5.69 Å². The van der Waals surface area contributed by atoms with Crippen molar-refractivity contribution in [1.82, 2.24) is 0 Å². The lowest BCUT2D eigenvalue weighted by Gasteiger charge is -2.16. The fraction of sp³-hybridized carbons (Fsp3) is 0.400. The summed E-state index contributed by atoms with van der Waals surface area (Å²) in [6, 6.07) is 1.79. The third kappa shape index (κ3) is 2.43. The number of nitro benzene ring substituents is 1. The van der Waals surface area contributed by atoms with Crippen LogP contribution in [0, 0.1) is 10.1 Å². The molecule has 1 aromatic rings. The van der Waals surface area contributed by atoms with Crippen LogP contribution >= 0.6 is 0 Å². The van der Waals surface area contributed by atoms with Crippen molar-refractivity contribution in [1.29, 1.82) is 0 Å². The molecule has 5 nitrogen and oxygen atoms in total. The molecule has 7 heteroatoms. The molecule has 0 amide bonds. The molecule has 17 heavy (non-hydrogen) atoms. The Morgan fingerprint density at radius 2 is 2.12 bits per heavy atom. The third-order valence-corrected chi connectivity index (χ3v) is 2.37. The first-order chi connectivity index (χ1) is 7.83. The van der Waals surface area contributed by atoms with Crippen molar-refractivity contribution in [2.75, 3.05) is 12.8 Å². The summed E-state index contributed by atoms with van der Waals surface area (Å²) < 4.78 is 31.6. The van der Waals surface area contributed by atoms with Crippen molar-refractivity contribution in [3.63, 3.8) is 0 Å². The maximum Gasteiger partial charge on any atom is 0.313 e. The molecule has 0 bridgehead atoms. The normalized spacial score (nSPS) is 11.3. The summed E-state index contributed by atoms with van der Waals surface area (Å²) in [6.45, 7) is 1.28. The van der Waals surface area contributed by atoms with Gasteiger partial charge in [-0.15, -0.1) is 0 Å². The first-order valence-corrected chi connectivity index (χ1v) is 4.83. The highest BCUT2D eigenvalue weighted by atomic mass is 19.3. The highest BCUT2D eigenvalue weighted by Gasteiger charge is 2.33. The molecule has 0 aliphatic rings. The van der Waals surface area contributed by atoms with Gasteiger partial charge in [0, 0.05) is 18.1 Å². The molecule has 0 saturated carbocycles. The molecule has 0 aliphatic heterocycles.